The van der Waals surface area contributed by atoms with E-state index in [9.17, 15) is 15.4 Å². The first-order valence-corrected chi connectivity index (χ1v) is 6.76. The molecule has 114 valence electrons. The van der Waals surface area contributed by atoms with Crippen LogP contribution in [0.4, 0.5) is 5.69 Å². The highest BCUT2D eigenvalue weighted by Gasteiger charge is 2.26. The van der Waals surface area contributed by atoms with Gasteiger partial charge < -0.3 is 4.74 Å². The first-order valence-electron chi connectivity index (χ1n) is 6.76. The summed E-state index contributed by atoms with van der Waals surface area (Å²) in [6.07, 6.45) is 0. The number of benzene rings is 1. The number of hydrogen-bond donors (Lipinski definition) is 1. The van der Waals surface area contributed by atoms with Crippen molar-refractivity contribution in [2.24, 2.45) is 0 Å². The van der Waals surface area contributed by atoms with Gasteiger partial charge in [-0.2, -0.15) is 5.26 Å². The Labute approximate surface area is 124 Å². The van der Waals surface area contributed by atoms with Gasteiger partial charge in [0.05, 0.1) is 11.0 Å². The number of nitrogens with zero attached hydrogens (tertiary/aromatic N) is 2. The van der Waals surface area contributed by atoms with E-state index in [-0.39, 0.29) is 18.3 Å². The molecule has 1 rings (SSSR count). The zero-order valence-electron chi connectivity index (χ0n) is 13.1. The Morgan fingerprint density at radius 1 is 1.43 bits per heavy atom. The number of nitriles is 1. The fraction of sp³-hybridized carbons (Fsp3) is 0.533. The maximum Gasteiger partial charge on any atom is 0.272 e. The van der Waals surface area contributed by atoms with E-state index in [1.807, 2.05) is 13.8 Å². The van der Waals surface area contributed by atoms with Crippen molar-refractivity contribution in [3.8, 4) is 11.8 Å². The fourth-order valence-electron chi connectivity index (χ4n) is 2.09. The number of hydrogen-bond acceptors (Lipinski definition) is 5. The Hall–Kier alpha value is -2.13. The second-order valence-corrected chi connectivity index (χ2v) is 5.69. The second kappa shape index (κ2) is 6.55. The fourth-order valence-corrected chi connectivity index (χ4v) is 2.09. The lowest BCUT2D eigenvalue weighted by atomic mass is 10.0. The van der Waals surface area contributed by atoms with Crippen molar-refractivity contribution < 1.29 is 9.66 Å². The van der Waals surface area contributed by atoms with Crippen LogP contribution in [0.3, 0.4) is 0 Å². The van der Waals surface area contributed by atoms with E-state index in [1.165, 1.54) is 6.07 Å². The van der Waals surface area contributed by atoms with Gasteiger partial charge in [0.15, 0.2) is 0 Å². The van der Waals surface area contributed by atoms with Gasteiger partial charge in [0, 0.05) is 17.7 Å². The zero-order valence-corrected chi connectivity index (χ0v) is 13.1. The van der Waals surface area contributed by atoms with Crippen molar-refractivity contribution in [3.63, 3.8) is 0 Å². The minimum absolute atomic E-state index is 0.0724. The summed E-state index contributed by atoms with van der Waals surface area (Å²) in [5, 5.41) is 23.3. The molecule has 1 aromatic rings. The molecule has 0 aliphatic carbocycles. The molecule has 6 nitrogen and oxygen atoms in total. The van der Waals surface area contributed by atoms with E-state index in [0.717, 1.165) is 0 Å². The zero-order chi connectivity index (χ0) is 16.2. The van der Waals surface area contributed by atoms with E-state index in [2.05, 4.69) is 11.4 Å². The largest absolute Gasteiger partial charge is 0.490 e. The van der Waals surface area contributed by atoms with Crippen LogP contribution < -0.4 is 10.1 Å². The van der Waals surface area contributed by atoms with E-state index in [4.69, 9.17) is 4.74 Å². The van der Waals surface area contributed by atoms with E-state index in [1.54, 1.807) is 26.8 Å². The first-order chi connectivity index (χ1) is 9.68. The maximum atomic E-state index is 10.9. The molecule has 0 saturated heterocycles. The first kappa shape index (κ1) is 16.9. The Kier molecular flexibility index (Phi) is 5.28. The summed E-state index contributed by atoms with van der Waals surface area (Å²) in [7, 11) is 0. The summed E-state index contributed by atoms with van der Waals surface area (Å²) in [5.74, 6) is 0.560. The van der Waals surface area contributed by atoms with Crippen LogP contribution in [0.2, 0.25) is 0 Å². The predicted molar refractivity (Wildman–Crippen MR) is 80.4 cm³/mol. The molecule has 1 aromatic carbocycles. The van der Waals surface area contributed by atoms with E-state index in [0.29, 0.717) is 16.9 Å². The van der Waals surface area contributed by atoms with Gasteiger partial charge in [-0.25, -0.2) is 0 Å². The van der Waals surface area contributed by atoms with Gasteiger partial charge in [0.2, 0.25) is 0 Å². The van der Waals surface area contributed by atoms with Crippen molar-refractivity contribution in [1.29, 1.82) is 5.26 Å². The number of nitrogens with one attached hydrogen (secondary N) is 1. The Bertz CT molecular complexity index is 578. The van der Waals surface area contributed by atoms with Crippen LogP contribution in [-0.4, -0.2) is 23.1 Å². The van der Waals surface area contributed by atoms with Crippen LogP contribution in [0, 0.1) is 35.3 Å². The lowest BCUT2D eigenvalue weighted by Crippen LogP contribution is -2.49. The molecule has 1 N–H and O–H groups in total. The molecule has 0 aliphatic heterocycles. The van der Waals surface area contributed by atoms with E-state index >= 15 is 0 Å². The van der Waals surface area contributed by atoms with Crippen molar-refractivity contribution >= 4 is 5.69 Å². The molecular formula is C15H21N3O3. The van der Waals surface area contributed by atoms with Crippen molar-refractivity contribution in [3.05, 3.63) is 33.4 Å². The van der Waals surface area contributed by atoms with Crippen LogP contribution in [0.1, 0.15) is 31.9 Å². The minimum atomic E-state index is -0.809. The Morgan fingerprint density at radius 2 is 2.05 bits per heavy atom. The number of rotatable bonds is 6. The van der Waals surface area contributed by atoms with Gasteiger partial charge in [0.1, 0.15) is 17.9 Å². The quantitative estimate of drug-likeness (QED) is 0.643. The average molecular weight is 291 g/mol. The topological polar surface area (TPSA) is 88.2 Å². The molecule has 6 heteroatoms. The summed E-state index contributed by atoms with van der Waals surface area (Å²) in [6.45, 7) is 9.26. The molecule has 0 heterocycles. The number of nitro groups is 1. The van der Waals surface area contributed by atoms with Crippen LogP contribution in [0.25, 0.3) is 0 Å². The smallest absolute Gasteiger partial charge is 0.272 e. The molecule has 21 heavy (non-hydrogen) atoms. The van der Waals surface area contributed by atoms with Gasteiger partial charge in [-0.05, 0) is 46.2 Å². The summed E-state index contributed by atoms with van der Waals surface area (Å²) in [4.78, 5) is 10.5. The van der Waals surface area contributed by atoms with Crippen LogP contribution in [0.5, 0.6) is 5.75 Å². The molecule has 0 bridgehead atoms. The average Bonchev–Trinajstić information content (AvgIpc) is 2.38. The summed E-state index contributed by atoms with van der Waals surface area (Å²) < 4.78 is 5.70. The molecular weight excluding hydrogens is 270 g/mol. The molecule has 0 aromatic heterocycles. The standard InChI is InChI=1S/C15H21N3O3/c1-10(2)17-15(5,8-16)9-21-14-7-11(3)13(18(19)20)6-12(14)4/h6-7,10,17H,9H2,1-5H3. The summed E-state index contributed by atoms with van der Waals surface area (Å²) in [5.41, 5.74) is 0.479. The van der Waals surface area contributed by atoms with Gasteiger partial charge in [0.25, 0.3) is 5.69 Å². The summed E-state index contributed by atoms with van der Waals surface area (Å²) in [6, 6.07) is 5.48. The SMILES string of the molecule is Cc1cc([N+](=O)[O-])c(C)cc1OCC(C)(C#N)NC(C)C. The molecule has 0 amide bonds. The highest BCUT2D eigenvalue weighted by atomic mass is 16.6. The third-order valence-corrected chi connectivity index (χ3v) is 3.06. The van der Waals surface area contributed by atoms with Crippen LogP contribution >= 0.6 is 0 Å². The molecule has 0 saturated carbocycles. The lowest BCUT2D eigenvalue weighted by molar-refractivity contribution is -0.385. The normalized spacial score (nSPS) is 13.6. The Morgan fingerprint density at radius 3 is 2.52 bits per heavy atom. The molecule has 1 unspecified atom stereocenters. The molecule has 0 fully saturated rings. The minimum Gasteiger partial charge on any atom is -0.490 e. The van der Waals surface area contributed by atoms with Gasteiger partial charge >= 0.3 is 0 Å². The monoisotopic (exact) mass is 291 g/mol. The number of nitro benzene ring substituents is 1. The molecule has 0 aliphatic rings. The summed E-state index contributed by atoms with van der Waals surface area (Å²) >= 11 is 0. The highest BCUT2D eigenvalue weighted by molar-refractivity contribution is 5.49. The molecule has 0 radical (unpaired) electrons. The van der Waals surface area contributed by atoms with E-state index < -0.39 is 10.5 Å². The number of aryl methyl sites for hydroxylation is 2. The molecule has 0 spiro atoms. The third kappa shape index (κ3) is 4.43. The Balaban J connectivity index is 2.92. The predicted octanol–water partition coefficient (Wildman–Crippen LogP) is 2.87. The van der Waals surface area contributed by atoms with Gasteiger partial charge in [-0.15, -0.1) is 0 Å². The van der Waals surface area contributed by atoms with Gasteiger partial charge in [-0.3, -0.25) is 15.4 Å². The number of ether oxygens (including phenoxy) is 1. The lowest BCUT2D eigenvalue weighted by Gasteiger charge is -2.26. The van der Waals surface area contributed by atoms with Gasteiger partial charge in [-0.1, -0.05) is 0 Å². The van der Waals surface area contributed by atoms with Crippen molar-refractivity contribution in [1.82, 2.24) is 5.32 Å². The third-order valence-electron chi connectivity index (χ3n) is 3.06. The maximum absolute atomic E-state index is 10.9. The highest BCUT2D eigenvalue weighted by Crippen LogP contribution is 2.28. The second-order valence-electron chi connectivity index (χ2n) is 5.69. The van der Waals surface area contributed by atoms with Crippen molar-refractivity contribution in [2.75, 3.05) is 6.61 Å². The van der Waals surface area contributed by atoms with Crippen LogP contribution in [-0.2, 0) is 0 Å². The molecule has 1 atom stereocenters. The van der Waals surface area contributed by atoms with Crippen LogP contribution in [0.15, 0.2) is 12.1 Å². The van der Waals surface area contributed by atoms with Crippen molar-refractivity contribution in [2.45, 2.75) is 46.2 Å².